The van der Waals surface area contributed by atoms with E-state index in [1.807, 2.05) is 0 Å². The zero-order chi connectivity index (χ0) is 24.2. The van der Waals surface area contributed by atoms with Crippen LogP contribution in [0.4, 0.5) is 11.4 Å². The number of hydrogen-bond acceptors (Lipinski definition) is 5. The van der Waals surface area contributed by atoms with E-state index in [1.54, 1.807) is 0 Å². The molecule has 3 rings (SSSR count). The fourth-order valence-corrected chi connectivity index (χ4v) is 6.17. The predicted octanol–water partition coefficient (Wildman–Crippen LogP) is 3.96. The Morgan fingerprint density at radius 3 is 2.09 bits per heavy atom. The molecule has 2 aromatic rings. The van der Waals surface area contributed by atoms with Crippen LogP contribution in [0.15, 0.2) is 47.4 Å². The number of halogens is 2. The van der Waals surface area contributed by atoms with Gasteiger partial charge in [-0.15, -0.1) is 0 Å². The first-order valence-electron chi connectivity index (χ1n) is 10.3. The van der Waals surface area contributed by atoms with Crippen molar-refractivity contribution in [3.05, 3.63) is 52.5 Å². The molecule has 2 aromatic carbocycles. The minimum Gasteiger partial charge on any atom is -0.325 e. The first-order chi connectivity index (χ1) is 15.5. The molecule has 1 N–H and O–H groups in total. The van der Waals surface area contributed by atoms with Crippen molar-refractivity contribution in [1.29, 1.82) is 0 Å². The number of nitrogens with one attached hydrogen (secondary N) is 1. The zero-order valence-corrected chi connectivity index (χ0v) is 21.1. The Hall–Kier alpha value is -1.85. The molecule has 1 heterocycles. The number of rotatable bonds is 7. The van der Waals surface area contributed by atoms with Crippen molar-refractivity contribution in [2.45, 2.75) is 30.6 Å². The van der Waals surface area contributed by atoms with Gasteiger partial charge < -0.3 is 5.32 Å². The Bertz CT molecular complexity index is 1210. The van der Waals surface area contributed by atoms with Crippen LogP contribution < -0.4 is 9.62 Å². The van der Waals surface area contributed by atoms with E-state index < -0.39 is 32.5 Å². The topological polar surface area (TPSA) is 104 Å². The molecule has 8 nitrogen and oxygen atoms in total. The number of sulfonamides is 2. The average molecular weight is 534 g/mol. The second-order valence-corrected chi connectivity index (χ2v) is 12.4. The summed E-state index contributed by atoms with van der Waals surface area (Å²) in [5.41, 5.74) is 0.540. The van der Waals surface area contributed by atoms with Crippen molar-refractivity contribution < 1.29 is 21.6 Å². The molecule has 1 saturated heterocycles. The summed E-state index contributed by atoms with van der Waals surface area (Å²) in [6, 6.07) is 10.1. The number of anilines is 2. The lowest BCUT2D eigenvalue weighted by atomic mass is 10.2. The minimum absolute atomic E-state index is 0.149. The van der Waals surface area contributed by atoms with Crippen molar-refractivity contribution in [2.24, 2.45) is 0 Å². The lowest BCUT2D eigenvalue weighted by Crippen LogP contribution is -2.37. The largest absolute Gasteiger partial charge is 0.325 e. The van der Waals surface area contributed by atoms with Crippen molar-refractivity contribution >= 4 is 60.5 Å². The van der Waals surface area contributed by atoms with Crippen molar-refractivity contribution in [3.63, 3.8) is 0 Å². The summed E-state index contributed by atoms with van der Waals surface area (Å²) in [7, 11) is -7.39. The highest BCUT2D eigenvalue weighted by Gasteiger charge is 2.25. The summed E-state index contributed by atoms with van der Waals surface area (Å²) in [6.45, 7) is 0.498. The van der Waals surface area contributed by atoms with Crippen LogP contribution in [-0.2, 0) is 24.8 Å². The van der Waals surface area contributed by atoms with E-state index >= 15 is 0 Å². The van der Waals surface area contributed by atoms with Crippen molar-refractivity contribution in [2.75, 3.05) is 35.5 Å². The number of carbonyl (C=O) groups is 1. The molecule has 0 unspecified atom stereocenters. The normalized spacial score (nSPS) is 15.6. The van der Waals surface area contributed by atoms with Crippen molar-refractivity contribution in [3.8, 4) is 0 Å². The van der Waals surface area contributed by atoms with Gasteiger partial charge in [0.2, 0.25) is 26.0 Å². The molecule has 0 bridgehead atoms. The van der Waals surface area contributed by atoms with Gasteiger partial charge in [-0.1, -0.05) is 36.0 Å². The van der Waals surface area contributed by atoms with Gasteiger partial charge in [0.05, 0.1) is 26.9 Å². The molecule has 0 spiro atoms. The SMILES string of the molecule is CS(=O)(=O)N(CC(=O)Nc1ccc(S(=O)(=O)N2CCCCCC2)cc1)c1ccc(Cl)c(Cl)c1. The molecule has 1 aliphatic heterocycles. The smallest absolute Gasteiger partial charge is 0.245 e. The lowest BCUT2D eigenvalue weighted by molar-refractivity contribution is -0.114. The maximum absolute atomic E-state index is 12.9. The van der Waals surface area contributed by atoms with E-state index in [2.05, 4.69) is 5.32 Å². The first kappa shape index (κ1) is 25.8. The Balaban J connectivity index is 1.72. The van der Waals surface area contributed by atoms with E-state index in [4.69, 9.17) is 23.2 Å². The number of nitrogens with zero attached hydrogens (tertiary/aromatic N) is 2. The highest BCUT2D eigenvalue weighted by atomic mass is 35.5. The van der Waals surface area contributed by atoms with Crippen LogP contribution in [0.3, 0.4) is 0 Å². The van der Waals surface area contributed by atoms with Crippen LogP contribution in [-0.4, -0.2) is 52.9 Å². The molecular formula is C21H25Cl2N3O5S2. The summed E-state index contributed by atoms with van der Waals surface area (Å²) in [4.78, 5) is 12.7. The van der Waals surface area contributed by atoms with Gasteiger partial charge in [-0.05, 0) is 55.3 Å². The van der Waals surface area contributed by atoms with Crippen molar-refractivity contribution in [1.82, 2.24) is 4.31 Å². The average Bonchev–Trinajstić information content (AvgIpc) is 3.04. The van der Waals surface area contributed by atoms with Gasteiger partial charge in [0, 0.05) is 18.8 Å². The second kappa shape index (κ2) is 10.6. The molecule has 1 fully saturated rings. The molecule has 0 saturated carbocycles. The summed E-state index contributed by atoms with van der Waals surface area (Å²) < 4.78 is 52.7. The molecule has 0 atom stereocenters. The summed E-state index contributed by atoms with van der Waals surface area (Å²) in [5, 5.41) is 3.01. The molecule has 1 aliphatic rings. The lowest BCUT2D eigenvalue weighted by Gasteiger charge is -2.22. The monoisotopic (exact) mass is 533 g/mol. The fraction of sp³-hybridized carbons (Fsp3) is 0.381. The summed E-state index contributed by atoms with van der Waals surface area (Å²) in [6.07, 6.45) is 4.69. The van der Waals surface area contributed by atoms with Gasteiger partial charge in [-0.25, -0.2) is 16.8 Å². The second-order valence-electron chi connectivity index (χ2n) is 7.76. The number of benzene rings is 2. The van der Waals surface area contributed by atoms with Crippen LogP contribution >= 0.6 is 23.2 Å². The Morgan fingerprint density at radius 1 is 0.939 bits per heavy atom. The fourth-order valence-electron chi connectivity index (χ4n) is 3.51. The quantitative estimate of drug-likeness (QED) is 0.579. The van der Waals surface area contributed by atoms with Crippen LogP contribution in [0.2, 0.25) is 10.0 Å². The molecule has 180 valence electrons. The minimum atomic E-state index is -3.79. The van der Waals surface area contributed by atoms with Gasteiger partial charge in [0.25, 0.3) is 0 Å². The Kier molecular flexibility index (Phi) is 8.28. The third-order valence-electron chi connectivity index (χ3n) is 5.22. The first-order valence-corrected chi connectivity index (χ1v) is 14.4. The third kappa shape index (κ3) is 6.60. The Morgan fingerprint density at radius 2 is 1.55 bits per heavy atom. The summed E-state index contributed by atoms with van der Waals surface area (Å²) in [5.74, 6) is -0.602. The van der Waals surface area contributed by atoms with E-state index in [0.29, 0.717) is 18.8 Å². The third-order valence-corrected chi connectivity index (χ3v) is 9.01. The van der Waals surface area contributed by atoms with Crippen LogP contribution in [0, 0.1) is 0 Å². The van der Waals surface area contributed by atoms with Crippen LogP contribution in [0.25, 0.3) is 0 Å². The molecule has 0 radical (unpaired) electrons. The van der Waals surface area contributed by atoms with Gasteiger partial charge in [-0.2, -0.15) is 4.31 Å². The van der Waals surface area contributed by atoms with Crippen LogP contribution in [0.1, 0.15) is 25.7 Å². The van der Waals surface area contributed by atoms with E-state index in [9.17, 15) is 21.6 Å². The van der Waals surface area contributed by atoms with Gasteiger partial charge in [0.15, 0.2) is 0 Å². The zero-order valence-electron chi connectivity index (χ0n) is 18.0. The van der Waals surface area contributed by atoms with Gasteiger partial charge >= 0.3 is 0 Å². The van der Waals surface area contributed by atoms with Crippen LogP contribution in [0.5, 0.6) is 0 Å². The van der Waals surface area contributed by atoms with E-state index in [0.717, 1.165) is 36.2 Å². The van der Waals surface area contributed by atoms with E-state index in [-0.39, 0.29) is 20.6 Å². The highest BCUT2D eigenvalue weighted by Crippen LogP contribution is 2.28. The van der Waals surface area contributed by atoms with Gasteiger partial charge in [0.1, 0.15) is 6.54 Å². The molecule has 0 aliphatic carbocycles. The maximum Gasteiger partial charge on any atom is 0.245 e. The predicted molar refractivity (Wildman–Crippen MR) is 131 cm³/mol. The highest BCUT2D eigenvalue weighted by molar-refractivity contribution is 7.92. The number of carbonyl (C=O) groups excluding carboxylic acids is 1. The standard InChI is InChI=1S/C21H25Cl2N3O5S2/c1-32(28,29)26(17-8-11-19(22)20(23)14-17)15-21(27)24-16-6-9-18(10-7-16)33(30,31)25-12-4-2-3-5-13-25/h6-11,14H,2-5,12-13,15H2,1H3,(H,24,27). The molecule has 0 aromatic heterocycles. The van der Waals surface area contributed by atoms with E-state index in [1.165, 1.54) is 46.8 Å². The maximum atomic E-state index is 12.9. The van der Waals surface area contributed by atoms with Gasteiger partial charge in [-0.3, -0.25) is 9.10 Å². The Labute approximate surface area is 204 Å². The number of hydrogen-bond donors (Lipinski definition) is 1. The molecule has 1 amide bonds. The number of amides is 1. The summed E-state index contributed by atoms with van der Waals surface area (Å²) >= 11 is 11.9. The molecular weight excluding hydrogens is 509 g/mol. The molecule has 33 heavy (non-hydrogen) atoms. The molecule has 12 heteroatoms.